The highest BCUT2D eigenvalue weighted by atomic mass is 19.1. The smallest absolute Gasteiger partial charge is 0.304 e. The second-order valence-electron chi connectivity index (χ2n) is 7.85. The third-order valence-corrected chi connectivity index (χ3v) is 5.72. The SMILES string of the molecule is CCCCn1c(Oc2cccc(F)c2)nc2c1C(=O)N(CCCO)C(=O)[C@@H]1CCCN21. The first-order valence-corrected chi connectivity index (χ1v) is 10.8. The van der Waals surface area contributed by atoms with Gasteiger partial charge in [0.1, 0.15) is 17.6 Å². The monoisotopic (exact) mass is 430 g/mol. The summed E-state index contributed by atoms with van der Waals surface area (Å²) in [6.07, 6.45) is 3.45. The molecule has 166 valence electrons. The minimum Gasteiger partial charge on any atom is -0.425 e. The molecule has 9 heteroatoms. The van der Waals surface area contributed by atoms with Crippen LogP contribution in [0, 0.1) is 5.82 Å². The van der Waals surface area contributed by atoms with Gasteiger partial charge in [-0.1, -0.05) is 19.4 Å². The van der Waals surface area contributed by atoms with Crippen LogP contribution in [0.5, 0.6) is 11.8 Å². The number of hydrogen-bond acceptors (Lipinski definition) is 6. The van der Waals surface area contributed by atoms with Gasteiger partial charge >= 0.3 is 6.01 Å². The highest BCUT2D eigenvalue weighted by Crippen LogP contribution is 2.37. The highest BCUT2D eigenvalue weighted by molar-refractivity contribution is 6.11. The molecule has 4 rings (SSSR count). The Hall–Kier alpha value is -2.94. The Morgan fingerprint density at radius 3 is 2.84 bits per heavy atom. The summed E-state index contributed by atoms with van der Waals surface area (Å²) >= 11 is 0. The number of rotatable bonds is 8. The number of anilines is 1. The largest absolute Gasteiger partial charge is 0.425 e. The molecule has 0 bridgehead atoms. The van der Waals surface area contributed by atoms with Crippen LogP contribution in [-0.4, -0.2) is 57.1 Å². The lowest BCUT2D eigenvalue weighted by Crippen LogP contribution is -2.46. The minimum atomic E-state index is -0.458. The van der Waals surface area contributed by atoms with E-state index in [0.29, 0.717) is 37.4 Å². The zero-order chi connectivity index (χ0) is 22.0. The maximum atomic E-state index is 13.7. The van der Waals surface area contributed by atoms with Gasteiger partial charge < -0.3 is 14.7 Å². The lowest BCUT2D eigenvalue weighted by molar-refractivity contribution is -0.129. The molecule has 31 heavy (non-hydrogen) atoms. The lowest BCUT2D eigenvalue weighted by atomic mass is 10.2. The molecule has 2 aromatic rings. The molecule has 0 unspecified atom stereocenters. The molecule has 1 fully saturated rings. The summed E-state index contributed by atoms with van der Waals surface area (Å²) in [6.45, 7) is 3.18. The molecular formula is C22H27FN4O4. The number of hydrogen-bond donors (Lipinski definition) is 1. The molecule has 2 aliphatic heterocycles. The van der Waals surface area contributed by atoms with Crippen molar-refractivity contribution in [2.75, 3.05) is 24.6 Å². The van der Waals surface area contributed by atoms with Crippen LogP contribution >= 0.6 is 0 Å². The van der Waals surface area contributed by atoms with Crippen molar-refractivity contribution in [2.24, 2.45) is 0 Å². The molecule has 2 aliphatic rings. The number of halogens is 1. The van der Waals surface area contributed by atoms with Crippen LogP contribution in [0.2, 0.25) is 0 Å². The summed E-state index contributed by atoms with van der Waals surface area (Å²) < 4.78 is 21.3. The van der Waals surface area contributed by atoms with Gasteiger partial charge in [0.15, 0.2) is 11.5 Å². The molecule has 0 radical (unpaired) electrons. The molecule has 3 heterocycles. The summed E-state index contributed by atoms with van der Waals surface area (Å²) in [6, 6.07) is 5.52. The van der Waals surface area contributed by atoms with Crippen molar-refractivity contribution in [3.05, 3.63) is 35.8 Å². The summed E-state index contributed by atoms with van der Waals surface area (Å²) in [5.74, 6) is -0.377. The Labute approximate surface area is 180 Å². The first-order valence-electron chi connectivity index (χ1n) is 10.8. The molecular weight excluding hydrogens is 403 g/mol. The van der Waals surface area contributed by atoms with E-state index in [4.69, 9.17) is 4.74 Å². The summed E-state index contributed by atoms with van der Waals surface area (Å²) in [7, 11) is 0. The molecule has 2 amide bonds. The van der Waals surface area contributed by atoms with E-state index in [2.05, 4.69) is 4.98 Å². The molecule has 8 nitrogen and oxygen atoms in total. The number of imidazole rings is 1. The number of fused-ring (bicyclic) bond motifs is 3. The Kier molecular flexibility index (Phi) is 6.22. The normalized spacial score (nSPS) is 18.2. The van der Waals surface area contributed by atoms with Crippen LogP contribution in [-0.2, 0) is 11.3 Å². The topological polar surface area (TPSA) is 87.9 Å². The zero-order valence-electron chi connectivity index (χ0n) is 17.6. The van der Waals surface area contributed by atoms with E-state index in [1.165, 1.54) is 17.0 Å². The number of aliphatic hydroxyl groups is 1. The number of nitrogens with zero attached hydrogens (tertiary/aromatic N) is 4. The molecule has 0 spiro atoms. The van der Waals surface area contributed by atoms with Crippen molar-refractivity contribution >= 4 is 17.6 Å². The molecule has 1 saturated heterocycles. The first-order chi connectivity index (χ1) is 15.0. The molecule has 1 aromatic heterocycles. The van der Waals surface area contributed by atoms with Crippen LogP contribution in [0.15, 0.2) is 24.3 Å². The van der Waals surface area contributed by atoms with Gasteiger partial charge in [0, 0.05) is 32.3 Å². The number of amides is 2. The van der Waals surface area contributed by atoms with Crippen LogP contribution in [0.1, 0.15) is 49.5 Å². The van der Waals surface area contributed by atoms with Gasteiger partial charge in [0.25, 0.3) is 11.8 Å². The van der Waals surface area contributed by atoms with E-state index in [1.807, 2.05) is 11.8 Å². The number of ether oxygens (including phenoxy) is 1. The number of aromatic nitrogens is 2. The van der Waals surface area contributed by atoms with Crippen molar-refractivity contribution < 1.29 is 23.8 Å². The van der Waals surface area contributed by atoms with Crippen molar-refractivity contribution in [2.45, 2.75) is 51.6 Å². The van der Waals surface area contributed by atoms with Crippen LogP contribution < -0.4 is 9.64 Å². The highest BCUT2D eigenvalue weighted by Gasteiger charge is 2.45. The maximum absolute atomic E-state index is 13.7. The first kappa shape index (κ1) is 21.3. The summed E-state index contributed by atoms with van der Waals surface area (Å²) in [5, 5.41) is 9.26. The Balaban J connectivity index is 1.81. The quantitative estimate of drug-likeness (QED) is 0.648. The number of unbranched alkanes of at least 4 members (excludes halogenated alkanes) is 1. The average molecular weight is 430 g/mol. The van der Waals surface area contributed by atoms with Crippen molar-refractivity contribution in [3.63, 3.8) is 0 Å². The summed E-state index contributed by atoms with van der Waals surface area (Å²) in [4.78, 5) is 34.4. The Morgan fingerprint density at radius 1 is 1.26 bits per heavy atom. The van der Waals surface area contributed by atoms with Gasteiger partial charge in [-0.3, -0.25) is 19.1 Å². The van der Waals surface area contributed by atoms with Gasteiger partial charge in [-0.05, 0) is 37.8 Å². The number of aliphatic hydroxyl groups excluding tert-OH is 1. The average Bonchev–Trinajstić information content (AvgIpc) is 3.35. The van der Waals surface area contributed by atoms with Crippen LogP contribution in [0.4, 0.5) is 10.2 Å². The van der Waals surface area contributed by atoms with Gasteiger partial charge in [-0.25, -0.2) is 4.39 Å². The molecule has 1 atom stereocenters. The van der Waals surface area contributed by atoms with Gasteiger partial charge in [-0.2, -0.15) is 4.98 Å². The predicted octanol–water partition coefficient (Wildman–Crippen LogP) is 2.95. The number of benzene rings is 1. The lowest BCUT2D eigenvalue weighted by Gasteiger charge is -2.24. The van der Waals surface area contributed by atoms with Crippen molar-refractivity contribution in [1.82, 2.24) is 14.5 Å². The second-order valence-corrected chi connectivity index (χ2v) is 7.85. The number of carbonyl (C=O) groups is 2. The zero-order valence-corrected chi connectivity index (χ0v) is 17.6. The third-order valence-electron chi connectivity index (χ3n) is 5.72. The van der Waals surface area contributed by atoms with Crippen molar-refractivity contribution in [3.8, 4) is 11.8 Å². The fourth-order valence-electron chi connectivity index (χ4n) is 4.19. The van der Waals surface area contributed by atoms with E-state index < -0.39 is 17.8 Å². The Bertz CT molecular complexity index is 976. The van der Waals surface area contributed by atoms with E-state index in [1.54, 1.807) is 16.7 Å². The van der Waals surface area contributed by atoms with Gasteiger partial charge in [-0.15, -0.1) is 0 Å². The summed E-state index contributed by atoms with van der Waals surface area (Å²) in [5.41, 5.74) is 0.315. The fraction of sp³-hybridized carbons (Fsp3) is 0.500. The van der Waals surface area contributed by atoms with E-state index >= 15 is 0 Å². The molecule has 0 aliphatic carbocycles. The molecule has 0 saturated carbocycles. The van der Waals surface area contributed by atoms with E-state index in [0.717, 1.165) is 19.3 Å². The predicted molar refractivity (Wildman–Crippen MR) is 112 cm³/mol. The van der Waals surface area contributed by atoms with Crippen LogP contribution in [0.25, 0.3) is 0 Å². The van der Waals surface area contributed by atoms with Gasteiger partial charge in [0.2, 0.25) is 0 Å². The fourth-order valence-corrected chi connectivity index (χ4v) is 4.19. The van der Waals surface area contributed by atoms with Crippen molar-refractivity contribution in [1.29, 1.82) is 0 Å². The molecule has 1 aromatic carbocycles. The molecule has 1 N–H and O–H groups in total. The maximum Gasteiger partial charge on any atom is 0.304 e. The van der Waals surface area contributed by atoms with Crippen LogP contribution in [0.3, 0.4) is 0 Å². The third kappa shape index (κ3) is 4.01. The second kappa shape index (κ2) is 9.05. The standard InChI is InChI=1S/C22H27FN4O4/c1-2-3-10-26-18-19(24-22(26)31-16-8-4-7-15(23)14-16)25-11-5-9-17(25)20(29)27(21(18)30)12-6-13-28/h4,7-8,14,17,28H,2-3,5-6,9-13H2,1H3/t17-/m0/s1. The van der Waals surface area contributed by atoms with E-state index in [9.17, 15) is 19.1 Å². The van der Waals surface area contributed by atoms with E-state index in [-0.39, 0.29) is 30.8 Å². The van der Waals surface area contributed by atoms with Gasteiger partial charge in [0.05, 0.1) is 0 Å². The minimum absolute atomic E-state index is 0.110. The Morgan fingerprint density at radius 2 is 2.10 bits per heavy atom. The number of imide groups is 1. The number of carbonyl (C=O) groups excluding carboxylic acids is 2.